The molecule has 3 rings (SSSR count). The minimum atomic E-state index is -0.723. The maximum Gasteiger partial charge on any atom is 0.265 e. The fourth-order valence-corrected chi connectivity index (χ4v) is 2.86. The number of hydrogen-bond acceptors (Lipinski definition) is 5. The van der Waals surface area contributed by atoms with Gasteiger partial charge in [-0.1, -0.05) is 17.7 Å². The van der Waals surface area contributed by atoms with Crippen LogP contribution in [0.2, 0.25) is 5.02 Å². The number of rotatable bonds is 6. The van der Waals surface area contributed by atoms with Crippen LogP contribution in [0.1, 0.15) is 17.3 Å². The summed E-state index contributed by atoms with van der Waals surface area (Å²) in [6.45, 7) is 1.64. The van der Waals surface area contributed by atoms with Crippen LogP contribution >= 0.6 is 22.9 Å². The lowest BCUT2D eigenvalue weighted by Crippen LogP contribution is -2.30. The smallest absolute Gasteiger partial charge is 0.265 e. The number of ether oxygens (including phenoxy) is 1. The van der Waals surface area contributed by atoms with Crippen LogP contribution in [-0.2, 0) is 4.79 Å². The number of anilines is 2. The molecule has 0 radical (unpaired) electrons. The van der Waals surface area contributed by atoms with E-state index in [2.05, 4.69) is 15.6 Å². The van der Waals surface area contributed by atoms with Crippen molar-refractivity contribution in [1.82, 2.24) is 4.98 Å². The van der Waals surface area contributed by atoms with Gasteiger partial charge in [-0.15, -0.1) is 11.3 Å². The second-order valence-electron chi connectivity index (χ2n) is 5.58. The zero-order valence-electron chi connectivity index (χ0n) is 14.3. The second kappa shape index (κ2) is 8.66. The quantitative estimate of drug-likeness (QED) is 0.639. The van der Waals surface area contributed by atoms with Gasteiger partial charge >= 0.3 is 0 Å². The summed E-state index contributed by atoms with van der Waals surface area (Å²) in [6.07, 6.45) is 0.887. The molecule has 2 aromatic carbocycles. The van der Waals surface area contributed by atoms with E-state index in [1.165, 1.54) is 11.3 Å². The molecule has 1 aromatic heterocycles. The fourth-order valence-electron chi connectivity index (χ4n) is 2.21. The van der Waals surface area contributed by atoms with Crippen LogP contribution in [0.25, 0.3) is 0 Å². The molecule has 3 aromatic rings. The summed E-state index contributed by atoms with van der Waals surface area (Å²) in [7, 11) is 0. The molecule has 0 aliphatic heterocycles. The minimum Gasteiger partial charge on any atom is -0.481 e. The minimum absolute atomic E-state index is 0.300. The average Bonchev–Trinajstić information content (AvgIpc) is 3.16. The summed E-state index contributed by atoms with van der Waals surface area (Å²) in [5.74, 6) is -0.0902. The third-order valence-electron chi connectivity index (χ3n) is 3.54. The molecule has 6 nitrogen and oxygen atoms in total. The van der Waals surface area contributed by atoms with E-state index in [0.717, 1.165) is 0 Å². The number of amides is 2. The molecule has 0 saturated carbocycles. The monoisotopic (exact) mass is 401 g/mol. The molecule has 0 fully saturated rings. The molecule has 138 valence electrons. The standard InChI is InChI=1S/C19H16ClN3O3S/c1-12(26-16-7-5-14(20)6-8-16)17(24)22-15-4-2-3-13(11-15)18(25)23-19-21-9-10-27-19/h2-12H,1H3,(H,22,24)(H,21,23,25). The van der Waals surface area contributed by atoms with Crippen molar-refractivity contribution in [3.8, 4) is 5.75 Å². The Balaban J connectivity index is 1.61. The van der Waals surface area contributed by atoms with Crippen molar-refractivity contribution in [2.75, 3.05) is 10.6 Å². The van der Waals surface area contributed by atoms with Gasteiger partial charge in [0.25, 0.3) is 11.8 Å². The first-order chi connectivity index (χ1) is 13.0. The molecule has 0 aliphatic carbocycles. The van der Waals surface area contributed by atoms with Crippen molar-refractivity contribution in [1.29, 1.82) is 0 Å². The zero-order valence-corrected chi connectivity index (χ0v) is 15.9. The Kier molecular flexibility index (Phi) is 6.05. The van der Waals surface area contributed by atoms with E-state index in [9.17, 15) is 9.59 Å². The maximum absolute atomic E-state index is 12.4. The van der Waals surface area contributed by atoms with Crippen molar-refractivity contribution < 1.29 is 14.3 Å². The topological polar surface area (TPSA) is 80.3 Å². The van der Waals surface area contributed by atoms with Crippen molar-refractivity contribution in [2.24, 2.45) is 0 Å². The highest BCUT2D eigenvalue weighted by Gasteiger charge is 2.16. The summed E-state index contributed by atoms with van der Waals surface area (Å²) in [6, 6.07) is 13.4. The Morgan fingerprint density at radius 2 is 1.93 bits per heavy atom. The SMILES string of the molecule is CC(Oc1ccc(Cl)cc1)C(=O)Nc1cccc(C(=O)Nc2nccs2)c1. The fraction of sp³-hybridized carbons (Fsp3) is 0.105. The number of carbonyl (C=O) groups is 2. The first-order valence-electron chi connectivity index (χ1n) is 8.05. The van der Waals surface area contributed by atoms with E-state index in [1.807, 2.05) is 0 Å². The van der Waals surface area contributed by atoms with Crippen molar-refractivity contribution in [3.63, 3.8) is 0 Å². The Morgan fingerprint density at radius 1 is 1.15 bits per heavy atom. The van der Waals surface area contributed by atoms with Gasteiger partial charge in [-0.2, -0.15) is 0 Å². The van der Waals surface area contributed by atoms with E-state index >= 15 is 0 Å². The summed E-state index contributed by atoms with van der Waals surface area (Å²) in [5.41, 5.74) is 0.910. The van der Waals surface area contributed by atoms with Gasteiger partial charge in [0.05, 0.1) is 0 Å². The van der Waals surface area contributed by atoms with E-state index in [0.29, 0.717) is 27.2 Å². The predicted octanol–water partition coefficient (Wildman–Crippen LogP) is 4.45. The third kappa shape index (κ3) is 5.29. The highest BCUT2D eigenvalue weighted by Crippen LogP contribution is 2.18. The summed E-state index contributed by atoms with van der Waals surface area (Å²) in [4.78, 5) is 28.6. The Hall–Kier alpha value is -2.90. The van der Waals surface area contributed by atoms with E-state index in [1.54, 1.807) is 67.0 Å². The van der Waals surface area contributed by atoms with E-state index < -0.39 is 6.10 Å². The number of thiazole rings is 1. The van der Waals surface area contributed by atoms with Gasteiger partial charge in [0.2, 0.25) is 0 Å². The molecule has 0 spiro atoms. The number of nitrogens with zero attached hydrogens (tertiary/aromatic N) is 1. The molecule has 2 amide bonds. The Bertz CT molecular complexity index is 930. The molecule has 1 atom stereocenters. The number of hydrogen-bond donors (Lipinski definition) is 2. The number of benzene rings is 2. The first-order valence-corrected chi connectivity index (χ1v) is 9.31. The molecule has 1 unspecified atom stereocenters. The molecular weight excluding hydrogens is 386 g/mol. The van der Waals surface area contributed by atoms with Crippen molar-refractivity contribution in [3.05, 3.63) is 70.7 Å². The van der Waals surface area contributed by atoms with Crippen LogP contribution in [0.3, 0.4) is 0 Å². The number of halogens is 1. The predicted molar refractivity (Wildman–Crippen MR) is 107 cm³/mol. The summed E-state index contributed by atoms with van der Waals surface area (Å²) >= 11 is 7.16. The molecule has 0 bridgehead atoms. The van der Waals surface area contributed by atoms with E-state index in [-0.39, 0.29) is 11.8 Å². The Morgan fingerprint density at radius 3 is 2.63 bits per heavy atom. The van der Waals surface area contributed by atoms with Crippen LogP contribution in [0, 0.1) is 0 Å². The van der Waals surface area contributed by atoms with Crippen LogP contribution in [0.5, 0.6) is 5.75 Å². The number of aromatic nitrogens is 1. The van der Waals surface area contributed by atoms with E-state index in [4.69, 9.17) is 16.3 Å². The van der Waals surface area contributed by atoms with Crippen LogP contribution in [0.15, 0.2) is 60.1 Å². The maximum atomic E-state index is 12.4. The molecule has 2 N–H and O–H groups in total. The van der Waals surface area contributed by atoms with Gasteiger partial charge < -0.3 is 10.1 Å². The summed E-state index contributed by atoms with van der Waals surface area (Å²) in [5, 5.41) is 8.32. The van der Waals surface area contributed by atoms with Crippen LogP contribution < -0.4 is 15.4 Å². The molecule has 0 aliphatic rings. The number of nitrogens with one attached hydrogen (secondary N) is 2. The lowest BCUT2D eigenvalue weighted by atomic mass is 10.2. The Labute approximate surface area is 165 Å². The highest BCUT2D eigenvalue weighted by molar-refractivity contribution is 7.13. The zero-order chi connectivity index (χ0) is 19.2. The molecule has 8 heteroatoms. The van der Waals surface area contributed by atoms with Crippen molar-refractivity contribution in [2.45, 2.75) is 13.0 Å². The first kappa shape index (κ1) is 18.9. The lowest BCUT2D eigenvalue weighted by Gasteiger charge is -2.15. The normalized spacial score (nSPS) is 11.5. The molecule has 1 heterocycles. The van der Waals surface area contributed by atoms with Crippen molar-refractivity contribution >= 4 is 45.6 Å². The second-order valence-corrected chi connectivity index (χ2v) is 6.91. The van der Waals surface area contributed by atoms with Gasteiger partial charge in [-0.25, -0.2) is 4.98 Å². The highest BCUT2D eigenvalue weighted by atomic mass is 35.5. The molecule has 0 saturated heterocycles. The third-order valence-corrected chi connectivity index (χ3v) is 4.48. The van der Waals surface area contributed by atoms with Gasteiger partial charge in [0.1, 0.15) is 5.75 Å². The van der Waals surface area contributed by atoms with Gasteiger partial charge in [0, 0.05) is 27.9 Å². The molecule has 27 heavy (non-hydrogen) atoms. The number of carbonyl (C=O) groups excluding carboxylic acids is 2. The lowest BCUT2D eigenvalue weighted by molar-refractivity contribution is -0.122. The van der Waals surface area contributed by atoms with Crippen LogP contribution in [0.4, 0.5) is 10.8 Å². The largest absolute Gasteiger partial charge is 0.481 e. The summed E-state index contributed by atoms with van der Waals surface area (Å²) < 4.78 is 5.59. The van der Waals surface area contributed by atoms with Gasteiger partial charge in [-0.05, 0) is 49.4 Å². The molecular formula is C19H16ClN3O3S. The van der Waals surface area contributed by atoms with Gasteiger partial charge in [0.15, 0.2) is 11.2 Å². The average molecular weight is 402 g/mol. The van der Waals surface area contributed by atoms with Gasteiger partial charge in [-0.3, -0.25) is 14.9 Å². The van der Waals surface area contributed by atoms with Crippen LogP contribution in [-0.4, -0.2) is 22.9 Å².